The van der Waals surface area contributed by atoms with Crippen LogP contribution in [0.15, 0.2) is 17.1 Å². The van der Waals surface area contributed by atoms with Gasteiger partial charge in [0.25, 0.3) is 0 Å². The third-order valence-electron chi connectivity index (χ3n) is 2.60. The first-order chi connectivity index (χ1) is 8.04. The second-order valence-electron chi connectivity index (χ2n) is 3.72. The smallest absolute Gasteiger partial charge is 0.350 e. The van der Waals surface area contributed by atoms with Crippen molar-refractivity contribution in [3.63, 3.8) is 0 Å². The van der Waals surface area contributed by atoms with Crippen molar-refractivity contribution in [2.45, 2.75) is 22.9 Å². The summed E-state index contributed by atoms with van der Waals surface area (Å²) in [7, 11) is 0. The molecule has 2 heterocycles. The Hall–Kier alpha value is -1.12. The molecule has 1 aromatic heterocycles. The number of halogens is 1. The van der Waals surface area contributed by atoms with Crippen LogP contribution in [-0.2, 0) is 0 Å². The van der Waals surface area contributed by atoms with Gasteiger partial charge in [0.1, 0.15) is 17.3 Å². The highest BCUT2D eigenvalue weighted by atomic mass is 32.2. The van der Waals surface area contributed by atoms with E-state index in [1.54, 1.807) is 0 Å². The van der Waals surface area contributed by atoms with Crippen LogP contribution in [-0.4, -0.2) is 43.9 Å². The SMILES string of the molecule is Nc1ccn([C@@H]2S[C@H](CO)C(O)C2F)c(=O)n1. The van der Waals surface area contributed by atoms with E-state index in [1.165, 1.54) is 12.3 Å². The minimum absolute atomic E-state index is 0.0592. The zero-order valence-corrected chi connectivity index (χ0v) is 9.55. The minimum atomic E-state index is -1.62. The monoisotopic (exact) mass is 261 g/mol. The van der Waals surface area contributed by atoms with Gasteiger partial charge >= 0.3 is 5.69 Å². The lowest BCUT2D eigenvalue weighted by Gasteiger charge is -2.15. The van der Waals surface area contributed by atoms with Crippen molar-refractivity contribution in [1.82, 2.24) is 9.55 Å². The third-order valence-corrected chi connectivity index (χ3v) is 4.14. The van der Waals surface area contributed by atoms with Gasteiger partial charge in [-0.25, -0.2) is 9.18 Å². The lowest BCUT2D eigenvalue weighted by atomic mass is 10.1. The van der Waals surface area contributed by atoms with Gasteiger partial charge in [-0.3, -0.25) is 4.57 Å². The number of aliphatic hydroxyl groups excluding tert-OH is 2. The van der Waals surface area contributed by atoms with Crippen LogP contribution >= 0.6 is 11.8 Å². The summed E-state index contributed by atoms with van der Waals surface area (Å²) in [5.74, 6) is 0.0592. The molecule has 2 rings (SSSR count). The molecule has 0 amide bonds. The number of nitrogens with two attached hydrogens (primary N) is 1. The van der Waals surface area contributed by atoms with Gasteiger partial charge in [-0.2, -0.15) is 4.98 Å². The zero-order chi connectivity index (χ0) is 12.6. The van der Waals surface area contributed by atoms with Gasteiger partial charge in [-0.1, -0.05) is 0 Å². The van der Waals surface area contributed by atoms with E-state index in [2.05, 4.69) is 4.98 Å². The number of thioether (sulfide) groups is 1. The van der Waals surface area contributed by atoms with Gasteiger partial charge in [0.15, 0.2) is 6.17 Å². The van der Waals surface area contributed by atoms with E-state index in [9.17, 15) is 14.3 Å². The van der Waals surface area contributed by atoms with Crippen LogP contribution in [0.1, 0.15) is 5.37 Å². The van der Waals surface area contributed by atoms with Crippen molar-refractivity contribution >= 4 is 17.6 Å². The minimum Gasteiger partial charge on any atom is -0.395 e. The predicted octanol–water partition coefficient (Wildman–Crippen LogP) is -0.869. The maximum absolute atomic E-state index is 13.8. The second kappa shape index (κ2) is 4.63. The molecule has 94 valence electrons. The third kappa shape index (κ3) is 2.15. The summed E-state index contributed by atoms with van der Waals surface area (Å²) < 4.78 is 14.9. The van der Waals surface area contributed by atoms with E-state index < -0.39 is 28.6 Å². The Morgan fingerprint density at radius 2 is 2.35 bits per heavy atom. The summed E-state index contributed by atoms with van der Waals surface area (Å²) >= 11 is 1.01. The normalized spacial score (nSPS) is 32.9. The van der Waals surface area contributed by atoms with Gasteiger partial charge in [0, 0.05) is 6.20 Å². The molecule has 1 aliphatic heterocycles. The summed E-state index contributed by atoms with van der Waals surface area (Å²) in [5, 5.41) is 17.0. The van der Waals surface area contributed by atoms with Crippen LogP contribution in [0.3, 0.4) is 0 Å². The van der Waals surface area contributed by atoms with Gasteiger partial charge in [0.05, 0.1) is 11.9 Å². The van der Waals surface area contributed by atoms with Crippen LogP contribution in [0.5, 0.6) is 0 Å². The number of aliphatic hydroxyl groups is 2. The van der Waals surface area contributed by atoms with Crippen molar-refractivity contribution in [1.29, 1.82) is 0 Å². The number of nitrogen functional groups attached to an aromatic ring is 1. The number of rotatable bonds is 2. The molecule has 0 radical (unpaired) electrons. The Bertz CT molecular complexity index is 469. The van der Waals surface area contributed by atoms with Crippen LogP contribution in [0.4, 0.5) is 10.2 Å². The van der Waals surface area contributed by atoms with Crippen molar-refractivity contribution in [2.24, 2.45) is 0 Å². The van der Waals surface area contributed by atoms with Gasteiger partial charge in [-0.15, -0.1) is 11.8 Å². The molecule has 0 aromatic carbocycles. The molecule has 2 unspecified atom stereocenters. The molecule has 17 heavy (non-hydrogen) atoms. The van der Waals surface area contributed by atoms with Crippen molar-refractivity contribution < 1.29 is 14.6 Å². The molecule has 8 heteroatoms. The lowest BCUT2D eigenvalue weighted by Crippen LogP contribution is -2.33. The number of alkyl halides is 1. The number of nitrogens with zero attached hydrogens (tertiary/aromatic N) is 2. The zero-order valence-electron chi connectivity index (χ0n) is 8.73. The molecule has 4 N–H and O–H groups in total. The van der Waals surface area contributed by atoms with E-state index in [4.69, 9.17) is 10.8 Å². The fourth-order valence-electron chi connectivity index (χ4n) is 1.70. The Labute approximate surface area is 100 Å². The summed E-state index contributed by atoms with van der Waals surface area (Å²) in [6, 6.07) is 1.38. The summed E-state index contributed by atoms with van der Waals surface area (Å²) in [5.41, 5.74) is 4.66. The molecule has 1 aromatic rings. The number of anilines is 1. The first kappa shape index (κ1) is 12.3. The van der Waals surface area contributed by atoms with Gasteiger partial charge < -0.3 is 15.9 Å². The quantitative estimate of drug-likeness (QED) is 0.640. The van der Waals surface area contributed by atoms with Crippen molar-refractivity contribution in [2.75, 3.05) is 12.3 Å². The highest BCUT2D eigenvalue weighted by molar-refractivity contribution is 8.00. The summed E-state index contributed by atoms with van der Waals surface area (Å²) in [4.78, 5) is 15.0. The van der Waals surface area contributed by atoms with Gasteiger partial charge in [0.2, 0.25) is 0 Å². The first-order valence-electron chi connectivity index (χ1n) is 4.97. The fourth-order valence-corrected chi connectivity index (χ4v) is 3.06. The number of hydrogen-bond donors (Lipinski definition) is 3. The Morgan fingerprint density at radius 3 is 2.88 bits per heavy atom. The molecule has 1 saturated heterocycles. The standard InChI is InChI=1S/C9H12FN3O3S/c10-6-7(15)4(3-14)17-8(6)13-2-1-5(11)12-9(13)16/h1-2,4,6-8,14-15H,3H2,(H2,11,12,16)/t4-,6?,7?,8-/m1/s1. The molecule has 4 atom stereocenters. The molecule has 0 saturated carbocycles. The Balaban J connectivity index is 2.32. The average molecular weight is 261 g/mol. The molecule has 0 aliphatic carbocycles. The summed E-state index contributed by atoms with van der Waals surface area (Å²) in [6.45, 7) is -0.347. The number of hydrogen-bond acceptors (Lipinski definition) is 6. The van der Waals surface area contributed by atoms with Crippen LogP contribution < -0.4 is 11.4 Å². The average Bonchev–Trinajstić information content (AvgIpc) is 2.57. The molecular formula is C9H12FN3O3S. The molecule has 1 fully saturated rings. The summed E-state index contributed by atoms with van der Waals surface area (Å²) in [6.07, 6.45) is -1.58. The van der Waals surface area contributed by atoms with E-state index in [-0.39, 0.29) is 12.4 Å². The second-order valence-corrected chi connectivity index (χ2v) is 5.09. The topological polar surface area (TPSA) is 101 Å². The largest absolute Gasteiger partial charge is 0.395 e. The van der Waals surface area contributed by atoms with Crippen LogP contribution in [0.2, 0.25) is 0 Å². The molecule has 0 bridgehead atoms. The van der Waals surface area contributed by atoms with Crippen LogP contribution in [0, 0.1) is 0 Å². The molecule has 0 spiro atoms. The number of aromatic nitrogens is 2. The molecule has 6 nitrogen and oxygen atoms in total. The van der Waals surface area contributed by atoms with Crippen molar-refractivity contribution in [3.8, 4) is 0 Å². The maximum Gasteiger partial charge on any atom is 0.350 e. The maximum atomic E-state index is 13.8. The molecule has 1 aliphatic rings. The van der Waals surface area contributed by atoms with Gasteiger partial charge in [-0.05, 0) is 6.07 Å². The van der Waals surface area contributed by atoms with E-state index in [0.29, 0.717) is 0 Å². The van der Waals surface area contributed by atoms with Crippen LogP contribution in [0.25, 0.3) is 0 Å². The van der Waals surface area contributed by atoms with E-state index >= 15 is 0 Å². The first-order valence-corrected chi connectivity index (χ1v) is 5.92. The van der Waals surface area contributed by atoms with E-state index in [1.807, 2.05) is 0 Å². The highest BCUT2D eigenvalue weighted by Crippen LogP contribution is 2.42. The van der Waals surface area contributed by atoms with Crippen molar-refractivity contribution in [3.05, 3.63) is 22.7 Å². The van der Waals surface area contributed by atoms with E-state index in [0.717, 1.165) is 16.3 Å². The Morgan fingerprint density at radius 1 is 1.65 bits per heavy atom. The molecular weight excluding hydrogens is 249 g/mol. The fraction of sp³-hybridized carbons (Fsp3) is 0.556. The lowest BCUT2D eigenvalue weighted by molar-refractivity contribution is 0.0631. The Kier molecular flexibility index (Phi) is 3.36. The predicted molar refractivity (Wildman–Crippen MR) is 61.3 cm³/mol. The highest BCUT2D eigenvalue weighted by Gasteiger charge is 2.44.